The Labute approximate surface area is 161 Å². The third-order valence-electron chi connectivity index (χ3n) is 4.51. The van der Waals surface area contributed by atoms with E-state index in [1.807, 2.05) is 37.3 Å². The van der Waals surface area contributed by atoms with Crippen molar-refractivity contribution in [3.8, 4) is 0 Å². The first kappa shape index (κ1) is 21.4. The molecule has 0 saturated heterocycles. The predicted molar refractivity (Wildman–Crippen MR) is 101 cm³/mol. The van der Waals surface area contributed by atoms with E-state index in [2.05, 4.69) is 5.32 Å². The Hall–Kier alpha value is -2.87. The summed E-state index contributed by atoms with van der Waals surface area (Å²) in [5.74, 6) is -5.24. The number of para-hydroxylation sites is 1. The fourth-order valence-electron chi connectivity index (χ4n) is 2.74. The van der Waals surface area contributed by atoms with Gasteiger partial charge in [-0.15, -0.1) is 0 Å². The molecule has 2 amide bonds. The number of carbonyl (C=O) groups is 2. The Morgan fingerprint density at radius 3 is 2.32 bits per heavy atom. The molecule has 0 radical (unpaired) electrons. The standard InChI is InChI=1S/C20H22F3N3O2/c1-4-26(14-8-6-5-7-9-14)20(28)13(2)25(3)12-17(27)24-16-11-10-15(21)18(22)19(16)23/h5-11,13H,4,12H2,1-3H3,(H,24,27)/p+1/t13-/m1/s1. The Kier molecular flexibility index (Phi) is 7.17. The second-order valence-electron chi connectivity index (χ2n) is 6.43. The quantitative estimate of drug-likeness (QED) is 0.706. The number of hydrogen-bond donors (Lipinski definition) is 2. The van der Waals surface area contributed by atoms with Crippen LogP contribution in [0.1, 0.15) is 13.8 Å². The van der Waals surface area contributed by atoms with Crippen molar-refractivity contribution in [1.29, 1.82) is 0 Å². The summed E-state index contributed by atoms with van der Waals surface area (Å²) in [5.41, 5.74) is 0.304. The molecule has 28 heavy (non-hydrogen) atoms. The van der Waals surface area contributed by atoms with E-state index < -0.39 is 35.1 Å². The molecular formula is C20H23F3N3O2+. The van der Waals surface area contributed by atoms with Crippen LogP contribution in [0.15, 0.2) is 42.5 Å². The Morgan fingerprint density at radius 2 is 1.71 bits per heavy atom. The number of anilines is 2. The van der Waals surface area contributed by atoms with Crippen LogP contribution in [0.4, 0.5) is 24.5 Å². The lowest BCUT2D eigenvalue weighted by atomic mass is 10.2. The van der Waals surface area contributed by atoms with E-state index in [9.17, 15) is 22.8 Å². The summed E-state index contributed by atoms with van der Waals surface area (Å²) in [4.78, 5) is 27.2. The van der Waals surface area contributed by atoms with Crippen LogP contribution in [0.25, 0.3) is 0 Å². The highest BCUT2D eigenvalue weighted by molar-refractivity contribution is 5.96. The topological polar surface area (TPSA) is 53.9 Å². The normalized spacial score (nSPS) is 12.9. The smallest absolute Gasteiger partial charge is 0.284 e. The van der Waals surface area contributed by atoms with E-state index in [-0.39, 0.29) is 12.5 Å². The highest BCUT2D eigenvalue weighted by atomic mass is 19.2. The molecule has 2 aromatic carbocycles. The molecule has 0 bridgehead atoms. The predicted octanol–water partition coefficient (Wildman–Crippen LogP) is 2.00. The van der Waals surface area contributed by atoms with E-state index in [1.54, 1.807) is 18.9 Å². The van der Waals surface area contributed by atoms with Gasteiger partial charge in [0.15, 0.2) is 30.0 Å². The molecule has 2 atom stereocenters. The van der Waals surface area contributed by atoms with Crippen LogP contribution in [0.3, 0.4) is 0 Å². The van der Waals surface area contributed by atoms with Gasteiger partial charge in [-0.1, -0.05) is 18.2 Å². The van der Waals surface area contributed by atoms with Crippen molar-refractivity contribution in [3.63, 3.8) is 0 Å². The summed E-state index contributed by atoms with van der Waals surface area (Å²) >= 11 is 0. The molecule has 8 heteroatoms. The number of nitrogens with one attached hydrogen (secondary N) is 2. The molecule has 0 aromatic heterocycles. The molecule has 0 aliphatic heterocycles. The van der Waals surface area contributed by atoms with Crippen LogP contribution in [0, 0.1) is 17.5 Å². The molecule has 0 fully saturated rings. The highest BCUT2D eigenvalue weighted by Gasteiger charge is 2.29. The monoisotopic (exact) mass is 394 g/mol. The summed E-state index contributed by atoms with van der Waals surface area (Å²) in [6.07, 6.45) is 0. The van der Waals surface area contributed by atoms with Gasteiger partial charge in [0.05, 0.1) is 12.7 Å². The molecule has 2 rings (SSSR count). The van der Waals surface area contributed by atoms with Crippen LogP contribution in [-0.4, -0.2) is 38.0 Å². The minimum absolute atomic E-state index is 0.155. The van der Waals surface area contributed by atoms with Crippen molar-refractivity contribution < 1.29 is 27.7 Å². The first-order valence-corrected chi connectivity index (χ1v) is 8.88. The van der Waals surface area contributed by atoms with Gasteiger partial charge in [0.25, 0.3) is 11.8 Å². The molecular weight excluding hydrogens is 371 g/mol. The maximum Gasteiger partial charge on any atom is 0.284 e. The van der Waals surface area contributed by atoms with Gasteiger partial charge in [-0.05, 0) is 38.1 Å². The van der Waals surface area contributed by atoms with Crippen LogP contribution in [0.2, 0.25) is 0 Å². The largest absolute Gasteiger partial charge is 0.320 e. The van der Waals surface area contributed by atoms with E-state index >= 15 is 0 Å². The lowest BCUT2D eigenvalue weighted by Crippen LogP contribution is -3.15. The lowest BCUT2D eigenvalue weighted by molar-refractivity contribution is -0.885. The van der Waals surface area contributed by atoms with Crippen molar-refractivity contribution in [2.24, 2.45) is 0 Å². The van der Waals surface area contributed by atoms with Gasteiger partial charge in [-0.3, -0.25) is 9.59 Å². The summed E-state index contributed by atoms with van der Waals surface area (Å²) < 4.78 is 39.9. The summed E-state index contributed by atoms with van der Waals surface area (Å²) in [6, 6.07) is 10.3. The van der Waals surface area contributed by atoms with E-state index in [4.69, 9.17) is 0 Å². The molecule has 150 valence electrons. The second kappa shape index (κ2) is 9.36. The van der Waals surface area contributed by atoms with Crippen molar-refractivity contribution in [2.75, 3.05) is 30.4 Å². The molecule has 0 saturated carbocycles. The molecule has 0 aliphatic rings. The SMILES string of the molecule is CCN(C(=O)[C@@H](C)[NH+](C)CC(=O)Nc1ccc(F)c(F)c1F)c1ccccc1. The number of hydrogen-bond acceptors (Lipinski definition) is 2. The number of likely N-dealkylation sites (N-methyl/N-ethyl adjacent to an activating group) is 2. The molecule has 0 spiro atoms. The van der Waals surface area contributed by atoms with Crippen LogP contribution >= 0.6 is 0 Å². The maximum absolute atomic E-state index is 13.7. The zero-order valence-electron chi connectivity index (χ0n) is 15.9. The minimum Gasteiger partial charge on any atom is -0.320 e. The first-order chi connectivity index (χ1) is 13.3. The number of quaternary nitrogens is 1. The van der Waals surface area contributed by atoms with Crippen LogP contribution < -0.4 is 15.1 Å². The van der Waals surface area contributed by atoms with Gasteiger partial charge in [-0.2, -0.15) is 0 Å². The Balaban J connectivity index is 2.03. The van der Waals surface area contributed by atoms with E-state index in [0.717, 1.165) is 17.8 Å². The van der Waals surface area contributed by atoms with E-state index in [0.29, 0.717) is 11.4 Å². The van der Waals surface area contributed by atoms with Crippen molar-refractivity contribution >= 4 is 23.2 Å². The van der Waals surface area contributed by atoms with Crippen molar-refractivity contribution in [1.82, 2.24) is 0 Å². The van der Waals surface area contributed by atoms with Crippen molar-refractivity contribution in [3.05, 3.63) is 59.9 Å². The Bertz CT molecular complexity index is 846. The van der Waals surface area contributed by atoms with E-state index in [1.165, 1.54) is 0 Å². The average molecular weight is 394 g/mol. The lowest BCUT2D eigenvalue weighted by Gasteiger charge is -2.27. The van der Waals surface area contributed by atoms with Gasteiger partial charge in [-0.25, -0.2) is 13.2 Å². The average Bonchev–Trinajstić information content (AvgIpc) is 2.69. The first-order valence-electron chi connectivity index (χ1n) is 8.88. The van der Waals surface area contributed by atoms with Gasteiger partial charge >= 0.3 is 0 Å². The molecule has 5 nitrogen and oxygen atoms in total. The fraction of sp³-hybridized carbons (Fsp3) is 0.300. The molecule has 0 heterocycles. The van der Waals surface area contributed by atoms with Gasteiger partial charge in [0.1, 0.15) is 0 Å². The van der Waals surface area contributed by atoms with Crippen molar-refractivity contribution in [2.45, 2.75) is 19.9 Å². The fourth-order valence-corrected chi connectivity index (χ4v) is 2.74. The summed E-state index contributed by atoms with van der Waals surface area (Å²) in [5, 5.41) is 2.21. The Morgan fingerprint density at radius 1 is 1.07 bits per heavy atom. The third-order valence-corrected chi connectivity index (χ3v) is 4.51. The van der Waals surface area contributed by atoms with Crippen LogP contribution in [0.5, 0.6) is 0 Å². The zero-order chi connectivity index (χ0) is 20.8. The molecule has 2 N–H and O–H groups in total. The summed E-state index contributed by atoms with van der Waals surface area (Å²) in [6.45, 7) is 3.85. The third kappa shape index (κ3) is 4.89. The molecule has 1 unspecified atom stereocenters. The number of nitrogens with zero attached hydrogens (tertiary/aromatic N) is 1. The highest BCUT2D eigenvalue weighted by Crippen LogP contribution is 2.19. The van der Waals surface area contributed by atoms with Gasteiger partial charge in [0.2, 0.25) is 0 Å². The number of benzene rings is 2. The number of amides is 2. The molecule has 0 aliphatic carbocycles. The zero-order valence-corrected chi connectivity index (χ0v) is 15.9. The summed E-state index contributed by atoms with van der Waals surface area (Å²) in [7, 11) is 1.66. The van der Waals surface area contributed by atoms with Gasteiger partial charge in [0, 0.05) is 12.2 Å². The second-order valence-corrected chi connectivity index (χ2v) is 6.43. The number of halogens is 3. The minimum atomic E-state index is -1.65. The van der Waals surface area contributed by atoms with Crippen LogP contribution in [-0.2, 0) is 9.59 Å². The van der Waals surface area contributed by atoms with Gasteiger partial charge < -0.3 is 15.1 Å². The number of rotatable bonds is 7. The number of carbonyl (C=O) groups excluding carboxylic acids is 2. The molecule has 2 aromatic rings. The maximum atomic E-state index is 13.7.